The summed E-state index contributed by atoms with van der Waals surface area (Å²) in [5.74, 6) is 0.205. The molecule has 0 saturated carbocycles. The van der Waals surface area contributed by atoms with Crippen molar-refractivity contribution in [2.45, 2.75) is 32.6 Å². The molecule has 0 saturated heterocycles. The fourth-order valence-corrected chi connectivity index (χ4v) is 1.74. The minimum Gasteiger partial charge on any atom is -0.769 e. The van der Waals surface area contributed by atoms with Gasteiger partial charge in [-0.2, -0.15) is 0 Å². The topological polar surface area (TPSA) is 57.2 Å². The minimum absolute atomic E-state index is 0. The van der Waals surface area contributed by atoms with Crippen LogP contribution in [0.15, 0.2) is 0 Å². The van der Waals surface area contributed by atoms with E-state index in [1.807, 2.05) is 0 Å². The molecule has 0 fully saturated rings. The van der Waals surface area contributed by atoms with Gasteiger partial charge in [-0.15, -0.1) is 0 Å². The van der Waals surface area contributed by atoms with Crippen molar-refractivity contribution in [3.8, 4) is 0 Å². The van der Waals surface area contributed by atoms with E-state index in [0.717, 1.165) is 12.8 Å². The first-order valence-electron chi connectivity index (χ1n) is 3.85. The summed E-state index contributed by atoms with van der Waals surface area (Å²) in [4.78, 5) is 10.5. The van der Waals surface area contributed by atoms with Crippen molar-refractivity contribution < 1.29 is 43.1 Å². The Morgan fingerprint density at radius 1 is 1.38 bits per heavy atom. The van der Waals surface area contributed by atoms with Crippen LogP contribution in [0, 0.1) is 0 Å². The molecule has 1 unspecified atom stereocenters. The molecule has 6 heteroatoms. The van der Waals surface area contributed by atoms with Crippen molar-refractivity contribution in [1.82, 2.24) is 0 Å². The van der Waals surface area contributed by atoms with Crippen molar-refractivity contribution >= 4 is 25.7 Å². The molecule has 0 bridgehead atoms. The Hall–Kier alpha value is 1.00. The average molecular weight is 232 g/mol. The Kier molecular flexibility index (Phi) is 10.5. The molecule has 0 radical (unpaired) electrons. The number of carbonyl (C=O) groups is 1. The van der Waals surface area contributed by atoms with Crippen LogP contribution in [0.2, 0.25) is 0 Å². The van der Waals surface area contributed by atoms with Crippen LogP contribution in [0.1, 0.15) is 32.6 Å². The van der Waals surface area contributed by atoms with Gasteiger partial charge < -0.3 is 9.35 Å². The molecule has 0 aromatic carbocycles. The van der Waals surface area contributed by atoms with E-state index >= 15 is 0 Å². The molecular weight excluding hydrogens is 219 g/mol. The van der Waals surface area contributed by atoms with Crippen LogP contribution in [0.4, 0.5) is 0 Å². The number of hydrogen-bond donors (Lipinski definition) is 0. The summed E-state index contributed by atoms with van der Waals surface area (Å²) >= 11 is 4.19. The zero-order valence-corrected chi connectivity index (χ0v) is 11.7. The minimum atomic E-state index is -3.23. The Morgan fingerprint density at radius 2 is 1.92 bits per heavy atom. The molecule has 0 aromatic rings. The zero-order chi connectivity index (χ0) is 9.61. The van der Waals surface area contributed by atoms with Gasteiger partial charge in [-0.3, -0.25) is 4.21 Å². The fourth-order valence-electron chi connectivity index (χ4n) is 0.830. The van der Waals surface area contributed by atoms with Crippen molar-refractivity contribution in [1.29, 1.82) is 0 Å². The van der Waals surface area contributed by atoms with Gasteiger partial charge in [0.05, 0.1) is 0 Å². The van der Waals surface area contributed by atoms with E-state index in [4.69, 9.17) is 0 Å². The smallest absolute Gasteiger partial charge is 0.769 e. The molecule has 0 heterocycles. The van der Waals surface area contributed by atoms with Gasteiger partial charge in [-0.1, -0.05) is 6.42 Å². The largest absolute Gasteiger partial charge is 1.00 e. The van der Waals surface area contributed by atoms with Crippen LogP contribution in [0.3, 0.4) is 0 Å². The van der Waals surface area contributed by atoms with Gasteiger partial charge in [0.2, 0.25) is 0 Å². The third kappa shape index (κ3) is 15.7. The number of ketones is 1. The first kappa shape index (κ1) is 16.4. The van der Waals surface area contributed by atoms with Gasteiger partial charge in [0.15, 0.2) is 0 Å². The van der Waals surface area contributed by atoms with Crippen molar-refractivity contribution in [2.75, 3.05) is 5.75 Å². The molecule has 0 aliphatic carbocycles. The quantitative estimate of drug-likeness (QED) is 0.393. The fraction of sp³-hybridized carbons (Fsp3) is 0.857. The molecule has 0 aliphatic heterocycles. The predicted octanol–water partition coefficient (Wildman–Crippen LogP) is -1.98. The van der Waals surface area contributed by atoms with E-state index in [1.165, 1.54) is 6.92 Å². The second-order valence-electron chi connectivity index (χ2n) is 2.77. The summed E-state index contributed by atoms with van der Waals surface area (Å²) in [7, 11) is -3.23. The maximum absolute atomic E-state index is 10.5. The Labute approximate surface area is 106 Å². The van der Waals surface area contributed by atoms with Crippen LogP contribution in [0.25, 0.3) is 0 Å². The first-order chi connectivity index (χ1) is 5.42. The van der Waals surface area contributed by atoms with Gasteiger partial charge in [0.25, 0.3) is 0 Å². The number of Topliss-reactive ketones (excluding diaryl/α,β-unsaturated/α-hetero) is 1. The number of unbranched alkanes of at least 4 members (excludes halogenated alkanes) is 2. The van der Waals surface area contributed by atoms with Crippen LogP contribution in [-0.4, -0.2) is 20.3 Å². The third-order valence-electron chi connectivity index (χ3n) is 1.42. The second kappa shape index (κ2) is 8.32. The summed E-state index contributed by atoms with van der Waals surface area (Å²) in [6.07, 6.45) is 2.63. The molecule has 13 heavy (non-hydrogen) atoms. The van der Waals surface area contributed by atoms with E-state index in [-0.39, 0.29) is 41.1 Å². The zero-order valence-electron chi connectivity index (χ0n) is 8.08. The summed E-state index contributed by atoms with van der Waals surface area (Å²) < 4.78 is 21.0. The van der Waals surface area contributed by atoms with E-state index in [0.29, 0.717) is 12.8 Å². The van der Waals surface area contributed by atoms with E-state index in [1.54, 1.807) is 0 Å². The predicted molar refractivity (Wildman–Crippen MR) is 50.3 cm³/mol. The summed E-state index contributed by atoms with van der Waals surface area (Å²) in [6.45, 7) is 1.53. The summed E-state index contributed by atoms with van der Waals surface area (Å²) in [5.41, 5.74) is 0. The number of rotatable bonds is 6. The molecule has 0 aliphatic rings. The van der Waals surface area contributed by atoms with Gasteiger partial charge in [-0.05, 0) is 39.7 Å². The SMILES string of the molecule is CC(=O)CCCCCS(=O)([O-])=S.[Na+]. The first-order valence-corrected chi connectivity index (χ1v) is 6.42. The molecule has 0 spiro atoms. The van der Waals surface area contributed by atoms with Gasteiger partial charge in [0, 0.05) is 12.2 Å². The standard InChI is InChI=1S/C7H14O3S2.Na/c1-7(8)5-3-2-4-6-12(9,10)11;/h2-6H2,1H3,(H,9,10,11);/q;+1/p-1. The average Bonchev–Trinajstić information content (AvgIpc) is 1.83. The second-order valence-corrected chi connectivity index (χ2v) is 5.82. The summed E-state index contributed by atoms with van der Waals surface area (Å²) in [6, 6.07) is 0. The third-order valence-corrected chi connectivity index (χ3v) is 2.71. The molecule has 0 N–H and O–H groups in total. The monoisotopic (exact) mass is 232 g/mol. The normalized spacial score (nSPS) is 14.3. The summed E-state index contributed by atoms with van der Waals surface area (Å²) in [5, 5.41) is 0. The molecule has 72 valence electrons. The van der Waals surface area contributed by atoms with Gasteiger partial charge >= 0.3 is 29.6 Å². The molecule has 0 amide bonds. The van der Waals surface area contributed by atoms with E-state index < -0.39 is 8.77 Å². The molecule has 0 aromatic heterocycles. The Bertz CT molecular complexity index is 236. The Morgan fingerprint density at radius 3 is 2.31 bits per heavy atom. The van der Waals surface area contributed by atoms with Gasteiger partial charge in [-0.25, -0.2) is 0 Å². The maximum atomic E-state index is 10.5. The van der Waals surface area contributed by atoms with Crippen LogP contribution in [-0.2, 0) is 24.8 Å². The number of carbonyl (C=O) groups excluding carboxylic acids is 1. The molecule has 1 atom stereocenters. The van der Waals surface area contributed by atoms with Crippen LogP contribution < -0.4 is 29.6 Å². The van der Waals surface area contributed by atoms with Gasteiger partial charge in [0.1, 0.15) is 5.78 Å². The molecule has 0 rings (SSSR count). The van der Waals surface area contributed by atoms with Crippen LogP contribution in [0.5, 0.6) is 0 Å². The van der Waals surface area contributed by atoms with Crippen molar-refractivity contribution in [2.24, 2.45) is 0 Å². The van der Waals surface area contributed by atoms with E-state index in [9.17, 15) is 13.6 Å². The molecule has 3 nitrogen and oxygen atoms in total. The number of hydrogen-bond acceptors (Lipinski definition) is 4. The Balaban J connectivity index is 0. The van der Waals surface area contributed by atoms with Crippen molar-refractivity contribution in [3.63, 3.8) is 0 Å². The molecular formula is C7H13NaO3S2. The van der Waals surface area contributed by atoms with Crippen molar-refractivity contribution in [3.05, 3.63) is 0 Å². The maximum Gasteiger partial charge on any atom is 1.00 e. The van der Waals surface area contributed by atoms with E-state index in [2.05, 4.69) is 11.2 Å². The van der Waals surface area contributed by atoms with Crippen LogP contribution >= 0.6 is 0 Å².